The van der Waals surface area contributed by atoms with Crippen molar-refractivity contribution >= 4 is 17.8 Å². The fourth-order valence-electron chi connectivity index (χ4n) is 3.73. The second-order valence-corrected chi connectivity index (χ2v) is 7.11. The van der Waals surface area contributed by atoms with E-state index in [0.29, 0.717) is 18.5 Å². The molecule has 27 heavy (non-hydrogen) atoms. The van der Waals surface area contributed by atoms with Crippen LogP contribution in [0, 0.1) is 0 Å². The molecule has 3 unspecified atom stereocenters. The number of likely N-dealkylation sites (tertiary alicyclic amines) is 1. The molecule has 146 valence electrons. The van der Waals surface area contributed by atoms with Crippen LogP contribution in [0.4, 0.5) is 0 Å². The number of nitrogens with zero attached hydrogens (tertiary/aromatic N) is 1. The van der Waals surface area contributed by atoms with Gasteiger partial charge < -0.3 is 25.7 Å². The molecular formula is C19H25N3O5. The molecule has 2 aliphatic rings. The first-order valence-electron chi connectivity index (χ1n) is 9.30. The molecule has 2 fully saturated rings. The molecule has 0 bridgehead atoms. The summed E-state index contributed by atoms with van der Waals surface area (Å²) in [6.45, 7) is 1.32. The lowest BCUT2D eigenvalue weighted by Crippen LogP contribution is -2.54. The number of carboxylic acid groups (broad SMARTS) is 1. The fraction of sp³-hybridized carbons (Fsp3) is 0.526. The minimum atomic E-state index is -1.13. The van der Waals surface area contributed by atoms with E-state index in [1.54, 1.807) is 17.0 Å². The molecule has 8 heteroatoms. The van der Waals surface area contributed by atoms with Gasteiger partial charge in [0.15, 0.2) is 0 Å². The van der Waals surface area contributed by atoms with Gasteiger partial charge in [0.2, 0.25) is 11.8 Å². The number of aliphatic carboxylic acids is 1. The number of amides is 2. The lowest BCUT2D eigenvalue weighted by atomic mass is 10.0. The maximum absolute atomic E-state index is 12.7. The van der Waals surface area contributed by atoms with Crippen LogP contribution >= 0.6 is 0 Å². The third-order valence-corrected chi connectivity index (χ3v) is 5.19. The lowest BCUT2D eigenvalue weighted by Gasteiger charge is -2.27. The smallest absolute Gasteiger partial charge is 0.326 e. The zero-order valence-corrected chi connectivity index (χ0v) is 15.1. The van der Waals surface area contributed by atoms with Gasteiger partial charge in [-0.25, -0.2) is 4.79 Å². The van der Waals surface area contributed by atoms with Gasteiger partial charge >= 0.3 is 5.97 Å². The Hall–Kier alpha value is -2.61. The summed E-state index contributed by atoms with van der Waals surface area (Å²) in [6.07, 6.45) is 3.07. The third kappa shape index (κ3) is 4.57. The van der Waals surface area contributed by atoms with Crippen molar-refractivity contribution in [3.63, 3.8) is 0 Å². The number of carbonyl (C=O) groups excluding carboxylic acids is 2. The van der Waals surface area contributed by atoms with Gasteiger partial charge in [-0.3, -0.25) is 9.59 Å². The van der Waals surface area contributed by atoms with Gasteiger partial charge in [0, 0.05) is 13.0 Å². The van der Waals surface area contributed by atoms with Crippen molar-refractivity contribution in [3.05, 3.63) is 29.8 Å². The van der Waals surface area contributed by atoms with E-state index in [4.69, 9.17) is 0 Å². The van der Waals surface area contributed by atoms with Gasteiger partial charge in [0.1, 0.15) is 17.8 Å². The van der Waals surface area contributed by atoms with E-state index < -0.39 is 24.0 Å². The Bertz CT molecular complexity index is 700. The number of aromatic hydroxyl groups is 1. The van der Waals surface area contributed by atoms with Gasteiger partial charge in [-0.15, -0.1) is 0 Å². The molecule has 0 saturated carbocycles. The fourth-order valence-corrected chi connectivity index (χ4v) is 3.73. The van der Waals surface area contributed by atoms with Crippen molar-refractivity contribution in [2.45, 2.75) is 50.2 Å². The van der Waals surface area contributed by atoms with E-state index in [0.717, 1.165) is 25.8 Å². The van der Waals surface area contributed by atoms with Crippen LogP contribution in [0.15, 0.2) is 24.3 Å². The minimum Gasteiger partial charge on any atom is -0.508 e. The van der Waals surface area contributed by atoms with Crippen LogP contribution in [-0.4, -0.2) is 64.1 Å². The van der Waals surface area contributed by atoms with E-state index in [2.05, 4.69) is 10.6 Å². The highest BCUT2D eigenvalue weighted by Gasteiger charge is 2.38. The lowest BCUT2D eigenvalue weighted by molar-refractivity contribution is -0.144. The molecule has 8 nitrogen and oxygen atoms in total. The van der Waals surface area contributed by atoms with Gasteiger partial charge in [-0.1, -0.05) is 12.1 Å². The summed E-state index contributed by atoms with van der Waals surface area (Å²) < 4.78 is 0. The number of benzene rings is 1. The van der Waals surface area contributed by atoms with Crippen LogP contribution < -0.4 is 10.6 Å². The van der Waals surface area contributed by atoms with Crippen LogP contribution in [0.3, 0.4) is 0 Å². The number of phenolic OH excluding ortho intramolecular Hbond substituents is 1. The van der Waals surface area contributed by atoms with Crippen LogP contribution in [-0.2, 0) is 20.8 Å². The average molecular weight is 375 g/mol. The summed E-state index contributed by atoms with van der Waals surface area (Å²) >= 11 is 0. The largest absolute Gasteiger partial charge is 0.508 e. The summed E-state index contributed by atoms with van der Waals surface area (Å²) in [7, 11) is 0. The Kier molecular flexibility index (Phi) is 5.95. The first kappa shape index (κ1) is 19.2. The molecule has 2 amide bonds. The first-order valence-corrected chi connectivity index (χ1v) is 9.30. The van der Waals surface area contributed by atoms with Gasteiger partial charge in [0.05, 0.1) is 6.04 Å². The summed E-state index contributed by atoms with van der Waals surface area (Å²) in [5, 5.41) is 24.5. The number of carboxylic acids is 1. The molecule has 4 N–H and O–H groups in total. The monoisotopic (exact) mass is 375 g/mol. The predicted octanol–water partition coefficient (Wildman–Crippen LogP) is 0.247. The van der Waals surface area contributed by atoms with Crippen molar-refractivity contribution < 1.29 is 24.6 Å². The van der Waals surface area contributed by atoms with Crippen molar-refractivity contribution in [2.24, 2.45) is 0 Å². The Labute approximate surface area is 157 Å². The number of nitrogens with one attached hydrogen (secondary N) is 2. The molecule has 3 atom stereocenters. The van der Waals surface area contributed by atoms with Gasteiger partial charge in [0.25, 0.3) is 0 Å². The van der Waals surface area contributed by atoms with Crippen LogP contribution in [0.1, 0.15) is 31.2 Å². The Balaban J connectivity index is 1.64. The highest BCUT2D eigenvalue weighted by molar-refractivity contribution is 5.92. The number of rotatable bonds is 6. The molecule has 2 heterocycles. The third-order valence-electron chi connectivity index (χ3n) is 5.19. The number of carbonyl (C=O) groups is 3. The van der Waals surface area contributed by atoms with Crippen molar-refractivity contribution in [1.82, 2.24) is 15.5 Å². The highest BCUT2D eigenvalue weighted by Crippen LogP contribution is 2.21. The normalized spacial score (nSPS) is 23.2. The maximum Gasteiger partial charge on any atom is 0.326 e. The Morgan fingerprint density at radius 1 is 1.19 bits per heavy atom. The topological polar surface area (TPSA) is 119 Å². The van der Waals surface area contributed by atoms with E-state index >= 15 is 0 Å². The molecule has 0 spiro atoms. The number of hydrogen-bond acceptors (Lipinski definition) is 5. The minimum absolute atomic E-state index is 0.0736. The number of hydrogen-bond donors (Lipinski definition) is 4. The zero-order chi connectivity index (χ0) is 19.4. The molecular weight excluding hydrogens is 350 g/mol. The predicted molar refractivity (Wildman–Crippen MR) is 97.1 cm³/mol. The zero-order valence-electron chi connectivity index (χ0n) is 15.1. The maximum atomic E-state index is 12.7. The van der Waals surface area contributed by atoms with Crippen molar-refractivity contribution in [2.75, 3.05) is 13.1 Å². The van der Waals surface area contributed by atoms with E-state index in [1.807, 2.05) is 0 Å². The second kappa shape index (κ2) is 8.39. The molecule has 2 saturated heterocycles. The molecule has 3 rings (SSSR count). The quantitative estimate of drug-likeness (QED) is 0.566. The molecule has 2 aliphatic heterocycles. The first-order chi connectivity index (χ1) is 13.0. The summed E-state index contributed by atoms with van der Waals surface area (Å²) in [5.74, 6) is -1.54. The Morgan fingerprint density at radius 3 is 2.56 bits per heavy atom. The second-order valence-electron chi connectivity index (χ2n) is 7.11. The van der Waals surface area contributed by atoms with E-state index in [1.165, 1.54) is 12.1 Å². The molecule has 0 aliphatic carbocycles. The molecule has 0 aromatic heterocycles. The van der Waals surface area contributed by atoms with Crippen LogP contribution in [0.25, 0.3) is 0 Å². The summed E-state index contributed by atoms with van der Waals surface area (Å²) in [4.78, 5) is 38.5. The van der Waals surface area contributed by atoms with E-state index in [9.17, 15) is 24.6 Å². The van der Waals surface area contributed by atoms with Crippen LogP contribution in [0.5, 0.6) is 5.75 Å². The standard InChI is InChI=1S/C19H25N3O5/c23-13-7-5-12(6-8-13)11-15(19(26)27)21-17(24)16-4-2-10-22(16)18(25)14-3-1-9-20-14/h5-8,14-16,20,23H,1-4,9-11H2,(H,21,24)(H,26,27). The summed E-state index contributed by atoms with van der Waals surface area (Å²) in [5.41, 5.74) is 0.690. The summed E-state index contributed by atoms with van der Waals surface area (Å²) in [6, 6.07) is 4.23. The Morgan fingerprint density at radius 2 is 1.93 bits per heavy atom. The SMILES string of the molecule is O=C(O)C(Cc1ccc(O)cc1)NC(=O)C1CCCN1C(=O)C1CCCN1. The molecule has 0 radical (unpaired) electrons. The molecule has 1 aromatic carbocycles. The average Bonchev–Trinajstić information content (AvgIpc) is 3.34. The van der Waals surface area contributed by atoms with Gasteiger partial charge in [-0.2, -0.15) is 0 Å². The van der Waals surface area contributed by atoms with E-state index in [-0.39, 0.29) is 24.1 Å². The highest BCUT2D eigenvalue weighted by atomic mass is 16.4. The molecule has 1 aromatic rings. The van der Waals surface area contributed by atoms with Gasteiger partial charge in [-0.05, 0) is 49.9 Å². The van der Waals surface area contributed by atoms with Crippen molar-refractivity contribution in [1.29, 1.82) is 0 Å². The van der Waals surface area contributed by atoms with Crippen LogP contribution in [0.2, 0.25) is 0 Å². The van der Waals surface area contributed by atoms with Crippen molar-refractivity contribution in [3.8, 4) is 5.75 Å². The number of phenols is 1.